The number of hydrogen-bond donors (Lipinski definition) is 2. The molecule has 0 aromatic carbocycles. The number of nitrogens with zero attached hydrogens (tertiary/aromatic N) is 1. The number of allylic oxidation sites excluding steroid dienone is 1. The molecule has 1 aromatic rings. The molecule has 0 bridgehead atoms. The van der Waals surface area contributed by atoms with Crippen LogP contribution in [0.15, 0.2) is 22.6 Å². The highest BCUT2D eigenvalue weighted by atomic mass is 32.1. The summed E-state index contributed by atoms with van der Waals surface area (Å²) in [5, 5.41) is 23.0. The van der Waals surface area contributed by atoms with E-state index in [1.54, 1.807) is 27.9 Å². The molecule has 0 radical (unpaired) electrons. The molecule has 0 saturated heterocycles. The number of aliphatic hydroxyl groups is 2. The summed E-state index contributed by atoms with van der Waals surface area (Å²) in [6.45, 7) is 12.4. The lowest BCUT2D eigenvalue weighted by Gasteiger charge is -2.31. The van der Waals surface area contributed by atoms with Gasteiger partial charge >= 0.3 is 5.97 Å². The molecule has 0 amide bonds. The molecular formula is C28H45NO6S. The van der Waals surface area contributed by atoms with Crippen molar-refractivity contribution in [2.75, 3.05) is 13.7 Å². The van der Waals surface area contributed by atoms with E-state index in [0.29, 0.717) is 0 Å². The standard InChI is InChI=1S/C28H45NO6S/c1-9-10-11-12-18(2)13-23(34-8)26(19(3)14-22-17-36-21(5)29-22)35-25(32)15-24(31)28(6,7)27(33)20(4)16-30/h13-14,17,20,23-24,26,30-31H,9-12,15-16H2,1-8H3. The summed E-state index contributed by atoms with van der Waals surface area (Å²) in [5.41, 5.74) is 1.48. The van der Waals surface area contributed by atoms with Crippen LogP contribution in [0, 0.1) is 18.3 Å². The van der Waals surface area contributed by atoms with E-state index in [1.807, 2.05) is 38.3 Å². The zero-order valence-electron chi connectivity index (χ0n) is 23.2. The molecular weight excluding hydrogens is 478 g/mol. The van der Waals surface area contributed by atoms with E-state index in [2.05, 4.69) is 11.9 Å². The highest BCUT2D eigenvalue weighted by Gasteiger charge is 2.39. The fourth-order valence-corrected chi connectivity index (χ4v) is 4.53. The first kappa shape index (κ1) is 32.2. The summed E-state index contributed by atoms with van der Waals surface area (Å²) >= 11 is 1.54. The molecule has 4 atom stereocenters. The van der Waals surface area contributed by atoms with Gasteiger partial charge < -0.3 is 19.7 Å². The van der Waals surface area contributed by atoms with Crippen molar-refractivity contribution >= 4 is 29.2 Å². The van der Waals surface area contributed by atoms with E-state index < -0.39 is 35.6 Å². The molecule has 1 aromatic heterocycles. The predicted molar refractivity (Wildman–Crippen MR) is 145 cm³/mol. The number of methoxy groups -OCH3 is 1. The maximum Gasteiger partial charge on any atom is 0.309 e. The summed E-state index contributed by atoms with van der Waals surface area (Å²) in [4.78, 5) is 30.1. The first-order valence-electron chi connectivity index (χ1n) is 12.7. The Morgan fingerprint density at radius 3 is 2.44 bits per heavy atom. The van der Waals surface area contributed by atoms with Crippen LogP contribution in [0.5, 0.6) is 0 Å². The van der Waals surface area contributed by atoms with Gasteiger partial charge in [0.2, 0.25) is 0 Å². The van der Waals surface area contributed by atoms with Gasteiger partial charge in [-0.05, 0) is 45.3 Å². The fraction of sp³-hybridized carbons (Fsp3) is 0.679. The molecule has 36 heavy (non-hydrogen) atoms. The third kappa shape index (κ3) is 9.88. The topological polar surface area (TPSA) is 106 Å². The number of carbonyl (C=O) groups excluding carboxylic acids is 2. The van der Waals surface area contributed by atoms with Crippen LogP contribution in [-0.2, 0) is 19.1 Å². The largest absolute Gasteiger partial charge is 0.455 e. The average Bonchev–Trinajstić information content (AvgIpc) is 3.24. The van der Waals surface area contributed by atoms with Crippen molar-refractivity contribution in [2.24, 2.45) is 11.3 Å². The van der Waals surface area contributed by atoms with Crippen molar-refractivity contribution < 1.29 is 29.3 Å². The van der Waals surface area contributed by atoms with Crippen LogP contribution in [0.25, 0.3) is 6.08 Å². The number of ether oxygens (including phenoxy) is 2. The Labute approximate surface area is 220 Å². The van der Waals surface area contributed by atoms with Crippen LogP contribution in [-0.4, -0.2) is 59.0 Å². The van der Waals surface area contributed by atoms with Gasteiger partial charge in [0.05, 0.1) is 35.2 Å². The Morgan fingerprint density at radius 2 is 1.92 bits per heavy atom. The SMILES string of the molecule is CCCCCC(C)=CC(OC)C(OC(=O)CC(O)C(C)(C)C(=O)C(C)CO)C(C)=Cc1csc(C)n1. The average molecular weight is 524 g/mol. The van der Waals surface area contributed by atoms with Crippen LogP contribution < -0.4 is 0 Å². The Bertz CT molecular complexity index is 904. The highest BCUT2D eigenvalue weighted by molar-refractivity contribution is 7.09. The number of esters is 1. The van der Waals surface area contributed by atoms with Crippen LogP contribution >= 0.6 is 11.3 Å². The molecule has 0 spiro atoms. The van der Waals surface area contributed by atoms with Crippen molar-refractivity contribution in [3.63, 3.8) is 0 Å². The summed E-state index contributed by atoms with van der Waals surface area (Å²) in [7, 11) is 1.58. The number of thiazole rings is 1. The van der Waals surface area contributed by atoms with E-state index >= 15 is 0 Å². The zero-order valence-corrected chi connectivity index (χ0v) is 24.0. The van der Waals surface area contributed by atoms with Gasteiger partial charge in [-0.25, -0.2) is 4.98 Å². The quantitative estimate of drug-likeness (QED) is 0.172. The van der Waals surface area contributed by atoms with Crippen LogP contribution in [0.3, 0.4) is 0 Å². The van der Waals surface area contributed by atoms with E-state index in [1.165, 1.54) is 11.3 Å². The second-order valence-electron chi connectivity index (χ2n) is 10.2. The third-order valence-corrected chi connectivity index (χ3v) is 7.25. The van der Waals surface area contributed by atoms with Gasteiger partial charge in [0.25, 0.3) is 0 Å². The number of aromatic nitrogens is 1. The molecule has 204 valence electrons. The lowest BCUT2D eigenvalue weighted by Crippen LogP contribution is -2.43. The van der Waals surface area contributed by atoms with Gasteiger partial charge in [0.1, 0.15) is 11.9 Å². The van der Waals surface area contributed by atoms with Gasteiger partial charge in [-0.1, -0.05) is 52.2 Å². The third-order valence-electron chi connectivity index (χ3n) is 6.46. The minimum absolute atomic E-state index is 0.308. The molecule has 0 fully saturated rings. The number of rotatable bonds is 16. The van der Waals surface area contributed by atoms with Crippen LogP contribution in [0.4, 0.5) is 0 Å². The molecule has 0 saturated carbocycles. The van der Waals surface area contributed by atoms with Gasteiger partial charge in [-0.2, -0.15) is 0 Å². The number of aliphatic hydroxyl groups excluding tert-OH is 2. The second kappa shape index (κ2) is 15.4. The minimum Gasteiger partial charge on any atom is -0.455 e. The molecule has 2 N–H and O–H groups in total. The Balaban J connectivity index is 3.16. The summed E-state index contributed by atoms with van der Waals surface area (Å²) in [6, 6.07) is 0. The monoisotopic (exact) mass is 523 g/mol. The molecule has 0 aliphatic heterocycles. The number of carbonyl (C=O) groups is 2. The predicted octanol–water partition coefficient (Wildman–Crippen LogP) is 5.28. The Kier molecular flexibility index (Phi) is 13.8. The molecule has 7 nitrogen and oxygen atoms in total. The van der Waals surface area contributed by atoms with E-state index in [-0.39, 0.29) is 18.8 Å². The van der Waals surface area contributed by atoms with Crippen molar-refractivity contribution in [3.05, 3.63) is 33.3 Å². The van der Waals surface area contributed by atoms with Crippen LogP contribution in [0.2, 0.25) is 0 Å². The zero-order chi connectivity index (χ0) is 27.5. The van der Waals surface area contributed by atoms with E-state index in [9.17, 15) is 19.8 Å². The molecule has 8 heteroatoms. The smallest absolute Gasteiger partial charge is 0.309 e. The van der Waals surface area contributed by atoms with Gasteiger partial charge in [-0.3, -0.25) is 9.59 Å². The molecule has 1 heterocycles. The first-order chi connectivity index (χ1) is 16.9. The Morgan fingerprint density at radius 1 is 1.25 bits per heavy atom. The number of aryl methyl sites for hydroxylation is 1. The maximum atomic E-state index is 13.0. The minimum atomic E-state index is -1.26. The van der Waals surface area contributed by atoms with Crippen molar-refractivity contribution in [3.8, 4) is 0 Å². The maximum absolute atomic E-state index is 13.0. The van der Waals surface area contributed by atoms with Crippen molar-refractivity contribution in [2.45, 2.75) is 98.9 Å². The lowest BCUT2D eigenvalue weighted by molar-refractivity contribution is -0.157. The van der Waals surface area contributed by atoms with Gasteiger partial charge in [0.15, 0.2) is 6.10 Å². The second-order valence-corrected chi connectivity index (χ2v) is 11.2. The molecule has 0 aliphatic rings. The Hall–Kier alpha value is -1.87. The van der Waals surface area contributed by atoms with E-state index in [0.717, 1.165) is 47.5 Å². The van der Waals surface area contributed by atoms with Gasteiger partial charge in [-0.15, -0.1) is 11.3 Å². The molecule has 1 rings (SSSR count). The fourth-order valence-electron chi connectivity index (χ4n) is 3.96. The van der Waals surface area contributed by atoms with Crippen molar-refractivity contribution in [1.29, 1.82) is 0 Å². The van der Waals surface area contributed by atoms with E-state index in [4.69, 9.17) is 9.47 Å². The molecule has 0 aliphatic carbocycles. The van der Waals surface area contributed by atoms with Crippen molar-refractivity contribution in [1.82, 2.24) is 4.98 Å². The molecule has 4 unspecified atom stereocenters. The summed E-state index contributed by atoms with van der Waals surface area (Å²) in [5.74, 6) is -1.58. The highest BCUT2D eigenvalue weighted by Crippen LogP contribution is 2.29. The summed E-state index contributed by atoms with van der Waals surface area (Å²) < 4.78 is 11.6. The lowest BCUT2D eigenvalue weighted by atomic mass is 9.76. The van der Waals surface area contributed by atoms with Crippen LogP contribution in [0.1, 0.15) is 84.3 Å². The summed E-state index contributed by atoms with van der Waals surface area (Å²) in [6.07, 6.45) is 5.29. The number of unbranched alkanes of at least 4 members (excludes halogenated alkanes) is 2. The number of ketones is 1. The van der Waals surface area contributed by atoms with Gasteiger partial charge in [0, 0.05) is 18.4 Å². The number of Topliss-reactive ketones (excluding diaryl/α,β-unsaturated/α-hetero) is 1. The number of hydrogen-bond acceptors (Lipinski definition) is 8. The first-order valence-corrected chi connectivity index (χ1v) is 13.6. The normalized spacial score (nSPS) is 16.4.